The molecule has 22 heavy (non-hydrogen) atoms. The Bertz CT molecular complexity index is 805. The van der Waals surface area contributed by atoms with Crippen LogP contribution in [0.15, 0.2) is 47.4 Å². The summed E-state index contributed by atoms with van der Waals surface area (Å²) in [5.41, 5.74) is 2.22. The Labute approximate surface area is 129 Å². The van der Waals surface area contributed by atoms with Crippen molar-refractivity contribution >= 4 is 11.6 Å². The fourth-order valence-corrected chi connectivity index (χ4v) is 3.27. The summed E-state index contributed by atoms with van der Waals surface area (Å²) in [6.45, 7) is 2.75. The van der Waals surface area contributed by atoms with Gasteiger partial charge in [0.05, 0.1) is 0 Å². The minimum atomic E-state index is -0.184. The minimum absolute atomic E-state index is 0.160. The van der Waals surface area contributed by atoms with E-state index in [0.717, 1.165) is 18.5 Å². The average Bonchev–Trinajstić information content (AvgIpc) is 3.32. The Morgan fingerprint density at radius 2 is 1.91 bits per heavy atom. The summed E-state index contributed by atoms with van der Waals surface area (Å²) in [7, 11) is 0. The summed E-state index contributed by atoms with van der Waals surface area (Å²) < 4.78 is 1.71. The van der Waals surface area contributed by atoms with Crippen molar-refractivity contribution in [3.05, 3.63) is 64.1 Å². The third kappa shape index (κ3) is 1.98. The molecule has 0 N–H and O–H groups in total. The number of hydrogen-bond acceptors (Lipinski definition) is 2. The van der Waals surface area contributed by atoms with Crippen molar-refractivity contribution in [2.24, 2.45) is 0 Å². The summed E-state index contributed by atoms with van der Waals surface area (Å²) in [6, 6.07) is 11.7. The van der Waals surface area contributed by atoms with Crippen LogP contribution >= 0.6 is 0 Å². The van der Waals surface area contributed by atoms with E-state index < -0.39 is 0 Å². The number of hydrogen-bond donors (Lipinski definition) is 0. The van der Waals surface area contributed by atoms with Crippen molar-refractivity contribution in [3.63, 3.8) is 0 Å². The number of benzene rings is 1. The van der Waals surface area contributed by atoms with Crippen molar-refractivity contribution in [1.82, 2.24) is 4.57 Å². The summed E-state index contributed by atoms with van der Waals surface area (Å²) in [4.78, 5) is 27.2. The van der Waals surface area contributed by atoms with Crippen molar-refractivity contribution in [2.75, 3.05) is 11.4 Å². The van der Waals surface area contributed by atoms with Gasteiger partial charge in [0.15, 0.2) is 0 Å². The molecule has 4 rings (SSSR count). The van der Waals surface area contributed by atoms with Crippen molar-refractivity contribution in [2.45, 2.75) is 31.7 Å². The van der Waals surface area contributed by atoms with Crippen LogP contribution in [-0.2, 0) is 0 Å². The van der Waals surface area contributed by atoms with Crippen LogP contribution in [0, 0.1) is 0 Å². The molecule has 1 fully saturated rings. The third-order valence-electron chi connectivity index (χ3n) is 4.61. The Hall–Kier alpha value is -2.36. The molecule has 0 radical (unpaired) electrons. The molecule has 0 saturated heterocycles. The molecular formula is C18H18N2O2. The standard InChI is InChI=1S/C18H18N2O2/c1-12-11-20(16-7-3-2-5-14(12)16)18(22)15-6-4-10-19(17(15)21)13-8-9-13/h2-7,10,12-13H,8-9,11H2,1H3. The van der Waals surface area contributed by atoms with Crippen LogP contribution in [-0.4, -0.2) is 17.0 Å². The Morgan fingerprint density at radius 3 is 2.68 bits per heavy atom. The SMILES string of the molecule is CC1CN(C(=O)c2cccn(C3CC3)c2=O)c2ccccc21. The van der Waals surface area contributed by atoms with E-state index in [2.05, 4.69) is 13.0 Å². The number of nitrogens with zero attached hydrogens (tertiary/aromatic N) is 2. The third-order valence-corrected chi connectivity index (χ3v) is 4.61. The molecule has 4 nitrogen and oxygen atoms in total. The number of amides is 1. The van der Waals surface area contributed by atoms with Gasteiger partial charge in [-0.15, -0.1) is 0 Å². The van der Waals surface area contributed by atoms with Crippen molar-refractivity contribution in [3.8, 4) is 0 Å². The molecule has 1 unspecified atom stereocenters. The van der Waals surface area contributed by atoms with E-state index in [4.69, 9.17) is 0 Å². The van der Waals surface area contributed by atoms with Gasteiger partial charge in [-0.05, 0) is 36.6 Å². The van der Waals surface area contributed by atoms with Gasteiger partial charge in [-0.25, -0.2) is 0 Å². The molecule has 2 heterocycles. The normalized spacial score (nSPS) is 20.0. The van der Waals surface area contributed by atoms with Crippen LogP contribution in [0.2, 0.25) is 0 Å². The number of carbonyl (C=O) groups is 1. The molecule has 0 spiro atoms. The van der Waals surface area contributed by atoms with Gasteiger partial charge in [-0.1, -0.05) is 25.1 Å². The number of rotatable bonds is 2. The van der Waals surface area contributed by atoms with Crippen LogP contribution in [0.4, 0.5) is 5.69 Å². The van der Waals surface area contributed by atoms with E-state index in [9.17, 15) is 9.59 Å². The van der Waals surface area contributed by atoms with Gasteiger partial charge in [0, 0.05) is 30.4 Å². The van der Waals surface area contributed by atoms with Crippen LogP contribution in [0.3, 0.4) is 0 Å². The number of para-hydroxylation sites is 1. The fraction of sp³-hybridized carbons (Fsp3) is 0.333. The molecular weight excluding hydrogens is 276 g/mol. The number of pyridine rings is 1. The number of aromatic nitrogens is 1. The maximum absolute atomic E-state index is 12.9. The lowest BCUT2D eigenvalue weighted by Crippen LogP contribution is -2.35. The molecule has 1 aromatic heterocycles. The molecule has 4 heteroatoms. The zero-order valence-electron chi connectivity index (χ0n) is 12.5. The first-order valence-electron chi connectivity index (χ1n) is 7.79. The predicted molar refractivity (Wildman–Crippen MR) is 85.5 cm³/mol. The van der Waals surface area contributed by atoms with E-state index >= 15 is 0 Å². The van der Waals surface area contributed by atoms with E-state index in [1.165, 1.54) is 5.56 Å². The van der Waals surface area contributed by atoms with Gasteiger partial charge in [-0.2, -0.15) is 0 Å². The van der Waals surface area contributed by atoms with Gasteiger partial charge in [0.25, 0.3) is 11.5 Å². The number of anilines is 1. The molecule has 112 valence electrons. The van der Waals surface area contributed by atoms with E-state index in [-0.39, 0.29) is 23.1 Å². The number of fused-ring (bicyclic) bond motifs is 1. The molecule has 1 aromatic carbocycles. The lowest BCUT2D eigenvalue weighted by molar-refractivity contribution is 0.0986. The molecule has 0 bridgehead atoms. The van der Waals surface area contributed by atoms with Gasteiger partial charge in [0.2, 0.25) is 0 Å². The summed E-state index contributed by atoms with van der Waals surface area (Å²) >= 11 is 0. The molecule has 1 atom stereocenters. The van der Waals surface area contributed by atoms with Gasteiger partial charge in [-0.3, -0.25) is 9.59 Å². The Balaban J connectivity index is 1.75. The monoisotopic (exact) mass is 294 g/mol. The zero-order valence-corrected chi connectivity index (χ0v) is 12.5. The van der Waals surface area contributed by atoms with E-state index in [1.807, 2.05) is 18.2 Å². The highest BCUT2D eigenvalue weighted by Crippen LogP contribution is 2.36. The second kappa shape index (κ2) is 4.83. The molecule has 1 aliphatic heterocycles. The lowest BCUT2D eigenvalue weighted by Gasteiger charge is -2.18. The maximum atomic E-state index is 12.9. The molecule has 1 saturated carbocycles. The Kier molecular flexibility index (Phi) is 2.93. The van der Waals surface area contributed by atoms with Gasteiger partial charge in [0.1, 0.15) is 5.56 Å². The molecule has 1 aliphatic carbocycles. The minimum Gasteiger partial charge on any atom is -0.312 e. The van der Waals surface area contributed by atoms with E-state index in [0.29, 0.717) is 12.5 Å². The largest absolute Gasteiger partial charge is 0.312 e. The molecule has 1 amide bonds. The highest BCUT2D eigenvalue weighted by Gasteiger charge is 2.32. The Morgan fingerprint density at radius 1 is 1.14 bits per heavy atom. The quantitative estimate of drug-likeness (QED) is 0.854. The first kappa shape index (κ1) is 13.3. The van der Waals surface area contributed by atoms with Crippen LogP contribution < -0.4 is 10.5 Å². The van der Waals surface area contributed by atoms with Crippen LogP contribution in [0.25, 0.3) is 0 Å². The predicted octanol–water partition coefficient (Wildman–Crippen LogP) is 2.95. The van der Waals surface area contributed by atoms with E-state index in [1.54, 1.807) is 27.8 Å². The number of carbonyl (C=O) groups excluding carboxylic acids is 1. The second-order valence-corrected chi connectivity index (χ2v) is 6.24. The average molecular weight is 294 g/mol. The first-order valence-corrected chi connectivity index (χ1v) is 7.79. The van der Waals surface area contributed by atoms with Crippen LogP contribution in [0.5, 0.6) is 0 Å². The zero-order chi connectivity index (χ0) is 15.3. The van der Waals surface area contributed by atoms with Crippen molar-refractivity contribution < 1.29 is 4.79 Å². The summed E-state index contributed by atoms with van der Waals surface area (Å²) in [5, 5.41) is 0. The summed E-state index contributed by atoms with van der Waals surface area (Å²) in [5.74, 6) is 0.117. The van der Waals surface area contributed by atoms with Crippen LogP contribution in [0.1, 0.15) is 47.6 Å². The second-order valence-electron chi connectivity index (χ2n) is 6.24. The first-order chi connectivity index (χ1) is 10.7. The smallest absolute Gasteiger partial charge is 0.263 e. The topological polar surface area (TPSA) is 42.3 Å². The van der Waals surface area contributed by atoms with Gasteiger partial charge >= 0.3 is 0 Å². The highest BCUT2D eigenvalue weighted by molar-refractivity contribution is 6.07. The lowest BCUT2D eigenvalue weighted by atomic mass is 10.0. The molecule has 2 aromatic rings. The summed E-state index contributed by atoms with van der Waals surface area (Å²) in [6.07, 6.45) is 3.85. The van der Waals surface area contributed by atoms with Gasteiger partial charge < -0.3 is 9.47 Å². The molecule has 2 aliphatic rings. The highest BCUT2D eigenvalue weighted by atomic mass is 16.2. The maximum Gasteiger partial charge on any atom is 0.263 e. The fourth-order valence-electron chi connectivity index (χ4n) is 3.27. The van der Waals surface area contributed by atoms with Crippen molar-refractivity contribution in [1.29, 1.82) is 0 Å².